The van der Waals surface area contributed by atoms with E-state index in [1.54, 1.807) is 31.2 Å². The molecular weight excluding hydrogens is 330 g/mol. The fraction of sp³-hybridized carbons (Fsp3) is 0.333. The first-order valence-electron chi connectivity index (χ1n) is 8.71. The Bertz CT molecular complexity index is 772. The van der Waals surface area contributed by atoms with E-state index >= 15 is 0 Å². The number of anilines is 1. The van der Waals surface area contributed by atoms with E-state index in [2.05, 4.69) is 19.2 Å². The first-order chi connectivity index (χ1) is 12.5. The number of esters is 1. The van der Waals surface area contributed by atoms with Crippen LogP contribution in [0.4, 0.5) is 5.69 Å². The van der Waals surface area contributed by atoms with Crippen molar-refractivity contribution in [1.82, 2.24) is 0 Å². The van der Waals surface area contributed by atoms with Gasteiger partial charge >= 0.3 is 5.97 Å². The Kier molecular flexibility index (Phi) is 6.78. The Balaban J connectivity index is 2.08. The molecule has 0 saturated carbocycles. The minimum atomic E-state index is -0.933. The number of hydrogen-bond acceptors (Lipinski definition) is 4. The van der Waals surface area contributed by atoms with Crippen molar-refractivity contribution in [1.29, 1.82) is 0 Å². The topological polar surface area (TPSA) is 64.6 Å². The molecule has 0 saturated heterocycles. The van der Waals surface area contributed by atoms with Crippen LogP contribution >= 0.6 is 0 Å². The fourth-order valence-electron chi connectivity index (χ4n) is 2.59. The van der Waals surface area contributed by atoms with Gasteiger partial charge in [0.15, 0.2) is 6.10 Å². The van der Waals surface area contributed by atoms with Crippen LogP contribution in [0.5, 0.6) is 5.75 Å². The summed E-state index contributed by atoms with van der Waals surface area (Å²) in [6.07, 6.45) is 0.0306. The Morgan fingerprint density at radius 3 is 2.38 bits per heavy atom. The second-order valence-corrected chi connectivity index (χ2v) is 6.13. The van der Waals surface area contributed by atoms with Crippen LogP contribution in [0.15, 0.2) is 48.5 Å². The van der Waals surface area contributed by atoms with E-state index < -0.39 is 12.1 Å². The molecule has 0 aliphatic carbocycles. The molecule has 0 spiro atoms. The van der Waals surface area contributed by atoms with Gasteiger partial charge in [0.05, 0.1) is 7.11 Å². The Morgan fingerprint density at radius 2 is 1.69 bits per heavy atom. The summed E-state index contributed by atoms with van der Waals surface area (Å²) in [4.78, 5) is 24.8. The monoisotopic (exact) mass is 355 g/mol. The molecule has 5 nitrogen and oxygen atoms in total. The summed E-state index contributed by atoms with van der Waals surface area (Å²) < 4.78 is 10.5. The van der Waals surface area contributed by atoms with E-state index in [0.29, 0.717) is 11.7 Å². The van der Waals surface area contributed by atoms with E-state index in [1.807, 2.05) is 24.3 Å². The van der Waals surface area contributed by atoms with Crippen LogP contribution in [0.2, 0.25) is 0 Å². The number of nitrogens with one attached hydrogen (secondary N) is 1. The van der Waals surface area contributed by atoms with E-state index in [0.717, 1.165) is 17.7 Å². The van der Waals surface area contributed by atoms with Crippen LogP contribution in [-0.4, -0.2) is 25.1 Å². The van der Waals surface area contributed by atoms with Gasteiger partial charge in [-0.15, -0.1) is 0 Å². The standard InChI is InChI=1S/C21H25NO4/c1-5-14(2)16-10-6-8-12-18(16)22-20(23)15(3)26-21(24)17-11-7-9-13-19(17)25-4/h6-15H,5H2,1-4H3,(H,22,23)/t14-,15+/m1/s1. The van der Waals surface area contributed by atoms with Crippen LogP contribution in [0.1, 0.15) is 49.0 Å². The minimum Gasteiger partial charge on any atom is -0.496 e. The number of amides is 1. The first kappa shape index (κ1) is 19.5. The molecule has 2 aromatic rings. The number of benzene rings is 2. The molecule has 0 aliphatic rings. The van der Waals surface area contributed by atoms with Crippen molar-refractivity contribution in [3.8, 4) is 5.75 Å². The van der Waals surface area contributed by atoms with Gasteiger partial charge in [-0.3, -0.25) is 4.79 Å². The molecule has 138 valence electrons. The third-order valence-corrected chi connectivity index (χ3v) is 4.34. The largest absolute Gasteiger partial charge is 0.496 e. The molecule has 2 rings (SSSR count). The zero-order chi connectivity index (χ0) is 19.1. The summed E-state index contributed by atoms with van der Waals surface area (Å²) in [7, 11) is 1.48. The molecule has 1 amide bonds. The number of carbonyl (C=O) groups is 2. The lowest BCUT2D eigenvalue weighted by Gasteiger charge is -2.18. The second-order valence-electron chi connectivity index (χ2n) is 6.13. The van der Waals surface area contributed by atoms with Gasteiger partial charge in [0.2, 0.25) is 0 Å². The van der Waals surface area contributed by atoms with Crippen molar-refractivity contribution in [2.45, 2.75) is 39.2 Å². The lowest BCUT2D eigenvalue weighted by Crippen LogP contribution is -2.30. The Hall–Kier alpha value is -2.82. The molecule has 1 N–H and O–H groups in total. The predicted molar refractivity (Wildman–Crippen MR) is 102 cm³/mol. The highest BCUT2D eigenvalue weighted by Crippen LogP contribution is 2.27. The number of carbonyl (C=O) groups excluding carboxylic acids is 2. The maximum absolute atomic E-state index is 12.5. The zero-order valence-corrected chi connectivity index (χ0v) is 15.6. The molecule has 0 bridgehead atoms. The van der Waals surface area contributed by atoms with Gasteiger partial charge in [-0.05, 0) is 43.0 Å². The molecule has 0 aliphatic heterocycles. The molecule has 0 heterocycles. The average Bonchev–Trinajstić information content (AvgIpc) is 2.67. The predicted octanol–water partition coefficient (Wildman–Crippen LogP) is 4.39. The Labute approximate surface area is 154 Å². The number of hydrogen-bond donors (Lipinski definition) is 1. The van der Waals surface area contributed by atoms with Gasteiger partial charge in [-0.2, -0.15) is 0 Å². The molecular formula is C21H25NO4. The molecule has 0 fully saturated rings. The summed E-state index contributed by atoms with van der Waals surface area (Å²) >= 11 is 0. The average molecular weight is 355 g/mol. The summed E-state index contributed by atoms with van der Waals surface area (Å²) in [5.41, 5.74) is 2.09. The quantitative estimate of drug-likeness (QED) is 0.748. The highest BCUT2D eigenvalue weighted by molar-refractivity contribution is 5.98. The van der Waals surface area contributed by atoms with Crippen LogP contribution < -0.4 is 10.1 Å². The maximum Gasteiger partial charge on any atom is 0.342 e. The SMILES string of the molecule is CC[C@@H](C)c1ccccc1NC(=O)[C@H](C)OC(=O)c1ccccc1OC. The van der Waals surface area contributed by atoms with Crippen molar-refractivity contribution in [3.05, 3.63) is 59.7 Å². The van der Waals surface area contributed by atoms with Gasteiger partial charge in [-0.25, -0.2) is 4.79 Å². The third-order valence-electron chi connectivity index (χ3n) is 4.34. The highest BCUT2D eigenvalue weighted by atomic mass is 16.5. The van der Waals surface area contributed by atoms with Crippen molar-refractivity contribution in [2.24, 2.45) is 0 Å². The number of methoxy groups -OCH3 is 1. The smallest absolute Gasteiger partial charge is 0.342 e. The molecule has 5 heteroatoms. The molecule has 0 aromatic heterocycles. The number of ether oxygens (including phenoxy) is 2. The van der Waals surface area contributed by atoms with Gasteiger partial charge in [0.1, 0.15) is 11.3 Å². The first-order valence-corrected chi connectivity index (χ1v) is 8.71. The molecule has 0 unspecified atom stereocenters. The van der Waals surface area contributed by atoms with Crippen molar-refractivity contribution in [3.63, 3.8) is 0 Å². The minimum absolute atomic E-state index is 0.287. The van der Waals surface area contributed by atoms with Crippen LogP contribution in [-0.2, 0) is 9.53 Å². The number of rotatable bonds is 7. The lowest BCUT2D eigenvalue weighted by atomic mass is 9.97. The highest BCUT2D eigenvalue weighted by Gasteiger charge is 2.22. The summed E-state index contributed by atoms with van der Waals surface area (Å²) in [5.74, 6) is -0.241. The Morgan fingerprint density at radius 1 is 1.04 bits per heavy atom. The van der Waals surface area contributed by atoms with Crippen molar-refractivity contribution < 1.29 is 19.1 Å². The van der Waals surface area contributed by atoms with Gasteiger partial charge in [0, 0.05) is 5.69 Å². The second kappa shape index (κ2) is 9.04. The molecule has 2 aromatic carbocycles. The van der Waals surface area contributed by atoms with E-state index in [9.17, 15) is 9.59 Å². The number of para-hydroxylation sites is 2. The molecule has 2 atom stereocenters. The van der Waals surface area contributed by atoms with E-state index in [1.165, 1.54) is 7.11 Å². The third kappa shape index (κ3) is 4.63. The van der Waals surface area contributed by atoms with Crippen molar-refractivity contribution in [2.75, 3.05) is 12.4 Å². The molecule has 26 heavy (non-hydrogen) atoms. The zero-order valence-electron chi connectivity index (χ0n) is 15.6. The van der Waals surface area contributed by atoms with Gasteiger partial charge in [0.25, 0.3) is 5.91 Å². The molecule has 0 radical (unpaired) electrons. The maximum atomic E-state index is 12.5. The normalized spacial score (nSPS) is 12.8. The van der Waals surface area contributed by atoms with Crippen LogP contribution in [0.25, 0.3) is 0 Å². The van der Waals surface area contributed by atoms with Crippen molar-refractivity contribution >= 4 is 17.6 Å². The fourth-order valence-corrected chi connectivity index (χ4v) is 2.59. The van der Waals surface area contributed by atoms with Gasteiger partial charge < -0.3 is 14.8 Å². The summed E-state index contributed by atoms with van der Waals surface area (Å²) in [6, 6.07) is 14.4. The summed E-state index contributed by atoms with van der Waals surface area (Å²) in [6.45, 7) is 5.76. The lowest BCUT2D eigenvalue weighted by molar-refractivity contribution is -0.123. The van der Waals surface area contributed by atoms with Crippen LogP contribution in [0, 0.1) is 0 Å². The van der Waals surface area contributed by atoms with Crippen LogP contribution in [0.3, 0.4) is 0 Å². The van der Waals surface area contributed by atoms with Gasteiger partial charge in [-0.1, -0.05) is 44.2 Å². The summed E-state index contributed by atoms with van der Waals surface area (Å²) in [5, 5.41) is 2.86. The van der Waals surface area contributed by atoms with E-state index in [4.69, 9.17) is 9.47 Å². The van der Waals surface area contributed by atoms with E-state index in [-0.39, 0.29) is 11.5 Å².